The normalized spacial score (nSPS) is 12.9. The Morgan fingerprint density at radius 1 is 1.12 bits per heavy atom. The van der Waals surface area contributed by atoms with E-state index in [0.717, 1.165) is 23.4 Å². The van der Waals surface area contributed by atoms with Crippen LogP contribution < -0.4 is 4.74 Å². The molecule has 2 nitrogen and oxygen atoms in total. The van der Waals surface area contributed by atoms with Gasteiger partial charge in [-0.25, -0.2) is 4.98 Å². The van der Waals surface area contributed by atoms with Gasteiger partial charge in [-0.3, -0.25) is 0 Å². The number of hydrogen-bond acceptors (Lipinski definition) is 2. The molecule has 2 heteroatoms. The fraction of sp³-hybridized carbons (Fsp3) is 0.318. The molecule has 3 aromatic rings. The average molecular weight is 317 g/mol. The maximum absolute atomic E-state index is 6.08. The van der Waals surface area contributed by atoms with Gasteiger partial charge in [0.15, 0.2) is 0 Å². The zero-order valence-corrected chi connectivity index (χ0v) is 14.8. The van der Waals surface area contributed by atoms with Crippen molar-refractivity contribution in [1.29, 1.82) is 0 Å². The predicted molar refractivity (Wildman–Crippen MR) is 99.5 cm³/mol. The number of hydrogen-bond donors (Lipinski definition) is 0. The van der Waals surface area contributed by atoms with Crippen molar-refractivity contribution in [2.75, 3.05) is 0 Å². The molecule has 24 heavy (non-hydrogen) atoms. The fourth-order valence-corrected chi connectivity index (χ4v) is 3.71. The van der Waals surface area contributed by atoms with E-state index in [1.807, 2.05) is 0 Å². The topological polar surface area (TPSA) is 22.1 Å². The van der Waals surface area contributed by atoms with E-state index >= 15 is 0 Å². The largest absolute Gasteiger partial charge is 0.487 e. The van der Waals surface area contributed by atoms with Crippen LogP contribution in [0.1, 0.15) is 36.1 Å². The van der Waals surface area contributed by atoms with Crippen molar-refractivity contribution in [2.24, 2.45) is 5.92 Å². The molecule has 2 heterocycles. The van der Waals surface area contributed by atoms with E-state index < -0.39 is 0 Å². The van der Waals surface area contributed by atoms with Gasteiger partial charge in [0.05, 0.1) is 5.52 Å². The molecule has 0 bridgehead atoms. The lowest BCUT2D eigenvalue weighted by atomic mass is 9.93. The molecular weight excluding hydrogens is 294 g/mol. The lowest BCUT2D eigenvalue weighted by Crippen LogP contribution is -2.09. The van der Waals surface area contributed by atoms with Crippen molar-refractivity contribution >= 4 is 10.9 Å². The summed E-state index contributed by atoms with van der Waals surface area (Å²) >= 11 is 0. The molecule has 0 atom stereocenters. The number of rotatable bonds is 2. The van der Waals surface area contributed by atoms with Gasteiger partial charge in [0, 0.05) is 16.5 Å². The van der Waals surface area contributed by atoms with Crippen LogP contribution in [0.4, 0.5) is 0 Å². The highest BCUT2D eigenvalue weighted by Gasteiger charge is 2.22. The summed E-state index contributed by atoms with van der Waals surface area (Å²) in [7, 11) is 0. The van der Waals surface area contributed by atoms with Gasteiger partial charge in [-0.2, -0.15) is 0 Å². The van der Waals surface area contributed by atoms with Gasteiger partial charge in [0.1, 0.15) is 18.1 Å². The third-order valence-corrected chi connectivity index (χ3v) is 4.79. The Hall–Kier alpha value is -2.35. The Bertz CT molecular complexity index is 940. The van der Waals surface area contributed by atoms with E-state index in [4.69, 9.17) is 9.72 Å². The van der Waals surface area contributed by atoms with Crippen molar-refractivity contribution < 1.29 is 4.74 Å². The fourth-order valence-electron chi connectivity index (χ4n) is 3.71. The van der Waals surface area contributed by atoms with Crippen LogP contribution >= 0.6 is 0 Å². The summed E-state index contributed by atoms with van der Waals surface area (Å²) in [4.78, 5) is 4.98. The lowest BCUT2D eigenvalue weighted by Gasteiger charge is -2.23. The maximum Gasteiger partial charge on any atom is 0.146 e. The zero-order valence-electron chi connectivity index (χ0n) is 14.8. The van der Waals surface area contributed by atoms with E-state index in [1.165, 1.54) is 33.2 Å². The number of ether oxygens (including phenoxy) is 1. The first-order valence-electron chi connectivity index (χ1n) is 8.69. The first-order valence-corrected chi connectivity index (χ1v) is 8.69. The Morgan fingerprint density at radius 2 is 1.96 bits per heavy atom. The molecule has 1 aromatic heterocycles. The first kappa shape index (κ1) is 15.2. The summed E-state index contributed by atoms with van der Waals surface area (Å²) in [6.45, 7) is 9.44. The second-order valence-electron chi connectivity index (χ2n) is 7.31. The molecule has 4 rings (SSSR count). The number of nitrogens with zero attached hydrogens (tertiary/aromatic N) is 1. The second kappa shape index (κ2) is 5.62. The lowest BCUT2D eigenvalue weighted by molar-refractivity contribution is 0.300. The minimum Gasteiger partial charge on any atom is -0.487 e. The Labute approximate surface area is 143 Å². The predicted octanol–water partition coefficient (Wildman–Crippen LogP) is 5.61. The van der Waals surface area contributed by atoms with Gasteiger partial charge in [-0.05, 0) is 55.5 Å². The average Bonchev–Trinajstić information content (AvgIpc) is 2.53. The quantitative estimate of drug-likeness (QED) is 0.613. The summed E-state index contributed by atoms with van der Waals surface area (Å²) < 4.78 is 6.08. The van der Waals surface area contributed by atoms with Gasteiger partial charge in [-0.1, -0.05) is 37.6 Å². The van der Waals surface area contributed by atoms with Gasteiger partial charge < -0.3 is 4.74 Å². The molecule has 0 radical (unpaired) electrons. The van der Waals surface area contributed by atoms with Gasteiger partial charge in [0.2, 0.25) is 0 Å². The van der Waals surface area contributed by atoms with Crippen molar-refractivity contribution in [3.8, 4) is 17.0 Å². The Morgan fingerprint density at radius 3 is 2.75 bits per heavy atom. The number of fused-ring (bicyclic) bond motifs is 4. The second-order valence-corrected chi connectivity index (χ2v) is 7.31. The van der Waals surface area contributed by atoms with Crippen LogP contribution in [0.25, 0.3) is 22.2 Å². The number of aromatic nitrogens is 1. The Balaban J connectivity index is 1.95. The molecule has 0 saturated carbocycles. The molecule has 1 aliphatic rings. The molecule has 0 amide bonds. The van der Waals surface area contributed by atoms with E-state index in [1.54, 1.807) is 0 Å². The number of aryl methyl sites for hydroxylation is 2. The number of benzene rings is 2. The molecule has 2 aromatic carbocycles. The SMILES string of the molecule is Cc1cc(C)c2c(c1)-c1nc3cccc(CC(C)C)c3cc1OC2. The molecule has 0 saturated heterocycles. The maximum atomic E-state index is 6.08. The molecule has 0 aliphatic carbocycles. The van der Waals surface area contributed by atoms with Crippen LogP contribution in [0, 0.1) is 19.8 Å². The van der Waals surface area contributed by atoms with Crippen molar-refractivity contribution in [1.82, 2.24) is 4.98 Å². The smallest absolute Gasteiger partial charge is 0.146 e. The van der Waals surface area contributed by atoms with Crippen LogP contribution in [0.5, 0.6) is 5.75 Å². The summed E-state index contributed by atoms with van der Waals surface area (Å²) in [6.07, 6.45) is 1.06. The van der Waals surface area contributed by atoms with Crippen molar-refractivity contribution in [3.05, 3.63) is 58.7 Å². The molecule has 0 spiro atoms. The molecule has 1 aliphatic heterocycles. The summed E-state index contributed by atoms with van der Waals surface area (Å²) in [5, 5.41) is 1.22. The third kappa shape index (κ3) is 2.47. The van der Waals surface area contributed by atoms with Crippen LogP contribution in [-0.4, -0.2) is 4.98 Å². The van der Waals surface area contributed by atoms with E-state index in [0.29, 0.717) is 12.5 Å². The van der Waals surface area contributed by atoms with Gasteiger partial charge in [-0.15, -0.1) is 0 Å². The van der Waals surface area contributed by atoms with E-state index in [2.05, 4.69) is 64.1 Å². The standard InChI is InChI=1S/C22H23NO/c1-13(2)8-16-6-5-7-20-17(16)11-21-22(23-20)18-10-14(3)9-15(4)19(18)12-24-21/h5-7,9-11,13H,8,12H2,1-4H3. The van der Waals surface area contributed by atoms with Crippen LogP contribution in [-0.2, 0) is 13.0 Å². The summed E-state index contributed by atoms with van der Waals surface area (Å²) in [6, 6.07) is 13.1. The van der Waals surface area contributed by atoms with Crippen LogP contribution in [0.15, 0.2) is 36.4 Å². The van der Waals surface area contributed by atoms with Crippen molar-refractivity contribution in [2.45, 2.75) is 40.7 Å². The van der Waals surface area contributed by atoms with Gasteiger partial charge in [0.25, 0.3) is 0 Å². The van der Waals surface area contributed by atoms with E-state index in [9.17, 15) is 0 Å². The molecule has 0 N–H and O–H groups in total. The minimum atomic E-state index is 0.624. The zero-order chi connectivity index (χ0) is 16.8. The van der Waals surface area contributed by atoms with Gasteiger partial charge >= 0.3 is 0 Å². The van der Waals surface area contributed by atoms with Crippen molar-refractivity contribution in [3.63, 3.8) is 0 Å². The highest BCUT2D eigenvalue weighted by molar-refractivity contribution is 5.88. The van der Waals surface area contributed by atoms with Crippen LogP contribution in [0.3, 0.4) is 0 Å². The molecular formula is C22H23NO. The monoisotopic (exact) mass is 317 g/mol. The first-order chi connectivity index (χ1) is 11.5. The highest BCUT2D eigenvalue weighted by Crippen LogP contribution is 2.40. The Kier molecular flexibility index (Phi) is 3.56. The molecule has 122 valence electrons. The number of pyridine rings is 1. The summed E-state index contributed by atoms with van der Waals surface area (Å²) in [5.74, 6) is 1.54. The third-order valence-electron chi connectivity index (χ3n) is 4.79. The van der Waals surface area contributed by atoms with Crippen LogP contribution in [0.2, 0.25) is 0 Å². The molecule has 0 unspecified atom stereocenters. The minimum absolute atomic E-state index is 0.624. The van der Waals surface area contributed by atoms with E-state index in [-0.39, 0.29) is 0 Å². The highest BCUT2D eigenvalue weighted by atomic mass is 16.5. The summed E-state index contributed by atoms with van der Waals surface area (Å²) in [5.41, 5.74) is 8.44. The molecule has 0 fully saturated rings.